The fourth-order valence-corrected chi connectivity index (χ4v) is 1.96. The number of hydrogen-bond donors (Lipinski definition) is 0. The number of rotatable bonds is 6. The molecule has 2 aromatic carbocycles. The van der Waals surface area contributed by atoms with E-state index < -0.39 is 0 Å². The molecular formula is C17H17NO3. The van der Waals surface area contributed by atoms with Gasteiger partial charge >= 0.3 is 0 Å². The minimum atomic E-state index is 0.394. The second-order valence-corrected chi connectivity index (χ2v) is 4.48. The molecule has 0 fully saturated rings. The summed E-state index contributed by atoms with van der Waals surface area (Å²) in [7, 11) is 3.24. The maximum Gasteiger partial charge on any atom is 0.124 e. The van der Waals surface area contributed by atoms with Gasteiger partial charge in [-0.15, -0.1) is 0 Å². The number of methoxy groups -OCH3 is 2. The Morgan fingerprint density at radius 2 is 1.71 bits per heavy atom. The van der Waals surface area contributed by atoms with Crippen LogP contribution in [0.2, 0.25) is 0 Å². The third kappa shape index (κ3) is 3.98. The molecular weight excluding hydrogens is 266 g/mol. The zero-order chi connectivity index (χ0) is 15.1. The summed E-state index contributed by atoms with van der Waals surface area (Å²) < 4.78 is 16.1. The van der Waals surface area contributed by atoms with Crippen LogP contribution in [-0.4, -0.2) is 14.2 Å². The van der Waals surface area contributed by atoms with Crippen LogP contribution < -0.4 is 9.47 Å². The Morgan fingerprint density at radius 3 is 2.33 bits per heavy atom. The number of ether oxygens (including phenoxy) is 3. The predicted octanol–water partition coefficient (Wildman–Crippen LogP) is 3.29. The standard InChI is InChI=1S/C17H17NO3/c1-19-16-6-3-13(4-7-16)11-21-12-15-9-14(10-18)5-8-17(15)20-2/h3-9H,11-12H2,1-2H3. The molecule has 0 N–H and O–H groups in total. The van der Waals surface area contributed by atoms with Crippen molar-refractivity contribution in [2.24, 2.45) is 0 Å². The van der Waals surface area contributed by atoms with Gasteiger partial charge in [-0.3, -0.25) is 0 Å². The lowest BCUT2D eigenvalue weighted by Crippen LogP contribution is -1.98. The van der Waals surface area contributed by atoms with Gasteiger partial charge < -0.3 is 14.2 Å². The molecule has 0 bridgehead atoms. The summed E-state index contributed by atoms with van der Waals surface area (Å²) in [6.45, 7) is 0.884. The molecule has 0 radical (unpaired) electrons. The highest BCUT2D eigenvalue weighted by atomic mass is 16.5. The highest BCUT2D eigenvalue weighted by molar-refractivity contribution is 5.41. The first-order valence-corrected chi connectivity index (χ1v) is 6.54. The molecule has 108 valence electrons. The summed E-state index contributed by atoms with van der Waals surface area (Å²) in [4.78, 5) is 0. The fraction of sp³-hybridized carbons (Fsp3) is 0.235. The molecule has 0 amide bonds. The average molecular weight is 283 g/mol. The summed E-state index contributed by atoms with van der Waals surface area (Å²) >= 11 is 0. The molecule has 0 atom stereocenters. The normalized spacial score (nSPS) is 9.95. The zero-order valence-corrected chi connectivity index (χ0v) is 12.1. The molecule has 0 unspecified atom stereocenters. The lowest BCUT2D eigenvalue weighted by Gasteiger charge is -2.10. The quantitative estimate of drug-likeness (QED) is 0.816. The lowest BCUT2D eigenvalue weighted by atomic mass is 10.1. The second kappa shape index (κ2) is 7.32. The van der Waals surface area contributed by atoms with Gasteiger partial charge in [0.15, 0.2) is 0 Å². The van der Waals surface area contributed by atoms with Gasteiger partial charge in [0.2, 0.25) is 0 Å². The fourth-order valence-electron chi connectivity index (χ4n) is 1.96. The predicted molar refractivity (Wildman–Crippen MR) is 79.2 cm³/mol. The van der Waals surface area contributed by atoms with Crippen molar-refractivity contribution in [2.45, 2.75) is 13.2 Å². The molecule has 4 heteroatoms. The maximum absolute atomic E-state index is 8.93. The minimum absolute atomic E-state index is 0.394. The van der Waals surface area contributed by atoms with Gasteiger partial charge in [-0.25, -0.2) is 0 Å². The summed E-state index contributed by atoms with van der Waals surface area (Å²) in [5.41, 5.74) is 2.52. The van der Waals surface area contributed by atoms with Gasteiger partial charge in [-0.2, -0.15) is 5.26 Å². The Hall–Kier alpha value is -2.51. The molecule has 0 aliphatic heterocycles. The van der Waals surface area contributed by atoms with Crippen LogP contribution in [0.15, 0.2) is 42.5 Å². The van der Waals surface area contributed by atoms with E-state index in [9.17, 15) is 0 Å². The van der Waals surface area contributed by atoms with Gasteiger partial charge in [0.25, 0.3) is 0 Å². The van der Waals surface area contributed by atoms with E-state index >= 15 is 0 Å². The van der Waals surface area contributed by atoms with E-state index in [0.29, 0.717) is 18.8 Å². The van der Waals surface area contributed by atoms with Crippen LogP contribution in [0.3, 0.4) is 0 Å². The first kappa shape index (κ1) is 14.9. The van der Waals surface area contributed by atoms with Crippen molar-refractivity contribution in [1.82, 2.24) is 0 Å². The van der Waals surface area contributed by atoms with E-state index in [0.717, 1.165) is 22.6 Å². The molecule has 2 aromatic rings. The third-order valence-corrected chi connectivity index (χ3v) is 3.09. The molecule has 0 aromatic heterocycles. The van der Waals surface area contributed by atoms with Crippen molar-refractivity contribution >= 4 is 0 Å². The van der Waals surface area contributed by atoms with Crippen molar-refractivity contribution in [2.75, 3.05) is 14.2 Å². The van der Waals surface area contributed by atoms with Crippen molar-refractivity contribution in [3.05, 3.63) is 59.2 Å². The number of nitrogens with zero attached hydrogens (tertiary/aromatic N) is 1. The van der Waals surface area contributed by atoms with E-state index in [4.69, 9.17) is 19.5 Å². The zero-order valence-electron chi connectivity index (χ0n) is 12.1. The first-order valence-electron chi connectivity index (χ1n) is 6.54. The topological polar surface area (TPSA) is 51.5 Å². The van der Waals surface area contributed by atoms with Crippen LogP contribution in [0.1, 0.15) is 16.7 Å². The second-order valence-electron chi connectivity index (χ2n) is 4.48. The first-order chi connectivity index (χ1) is 10.3. The SMILES string of the molecule is COc1ccc(COCc2cc(C#N)ccc2OC)cc1. The van der Waals surface area contributed by atoms with Crippen LogP contribution in [0, 0.1) is 11.3 Å². The van der Waals surface area contributed by atoms with Gasteiger partial charge in [-0.1, -0.05) is 12.1 Å². The van der Waals surface area contributed by atoms with E-state index in [1.54, 1.807) is 32.4 Å². The van der Waals surface area contributed by atoms with E-state index in [-0.39, 0.29) is 0 Å². The van der Waals surface area contributed by atoms with Crippen molar-refractivity contribution < 1.29 is 14.2 Å². The Labute approximate surface area is 124 Å². The molecule has 0 saturated carbocycles. The molecule has 0 spiro atoms. The van der Waals surface area contributed by atoms with Crippen LogP contribution in [0.4, 0.5) is 0 Å². The third-order valence-electron chi connectivity index (χ3n) is 3.09. The summed E-state index contributed by atoms with van der Waals surface area (Å²) in [6, 6.07) is 15.1. The Bertz CT molecular complexity index is 629. The number of benzene rings is 2. The molecule has 21 heavy (non-hydrogen) atoms. The van der Waals surface area contributed by atoms with Crippen LogP contribution in [0.5, 0.6) is 11.5 Å². The van der Waals surface area contributed by atoms with E-state index in [2.05, 4.69) is 6.07 Å². The van der Waals surface area contributed by atoms with Gasteiger partial charge in [0.1, 0.15) is 11.5 Å². The number of nitriles is 1. The Morgan fingerprint density at radius 1 is 0.952 bits per heavy atom. The van der Waals surface area contributed by atoms with Crippen molar-refractivity contribution in [1.29, 1.82) is 5.26 Å². The van der Waals surface area contributed by atoms with Gasteiger partial charge in [-0.05, 0) is 35.9 Å². The number of hydrogen-bond acceptors (Lipinski definition) is 4. The Kier molecular flexibility index (Phi) is 5.19. The van der Waals surface area contributed by atoms with Crippen LogP contribution in [-0.2, 0) is 18.0 Å². The highest BCUT2D eigenvalue weighted by Crippen LogP contribution is 2.21. The summed E-state index contributed by atoms with van der Waals surface area (Å²) in [5, 5.41) is 8.93. The minimum Gasteiger partial charge on any atom is -0.497 e. The monoisotopic (exact) mass is 283 g/mol. The van der Waals surface area contributed by atoms with Crippen molar-refractivity contribution in [3.63, 3.8) is 0 Å². The molecule has 0 aliphatic carbocycles. The molecule has 4 nitrogen and oxygen atoms in total. The Balaban J connectivity index is 1.97. The van der Waals surface area contributed by atoms with Gasteiger partial charge in [0.05, 0.1) is 39.1 Å². The summed E-state index contributed by atoms with van der Waals surface area (Å²) in [6.07, 6.45) is 0. The molecule has 0 saturated heterocycles. The van der Waals surface area contributed by atoms with Crippen LogP contribution in [0.25, 0.3) is 0 Å². The molecule has 2 rings (SSSR count). The maximum atomic E-state index is 8.93. The molecule has 0 heterocycles. The highest BCUT2D eigenvalue weighted by Gasteiger charge is 2.05. The largest absolute Gasteiger partial charge is 0.497 e. The van der Waals surface area contributed by atoms with Gasteiger partial charge in [0, 0.05) is 5.56 Å². The lowest BCUT2D eigenvalue weighted by molar-refractivity contribution is 0.105. The smallest absolute Gasteiger partial charge is 0.124 e. The summed E-state index contributed by atoms with van der Waals surface area (Å²) in [5.74, 6) is 1.55. The van der Waals surface area contributed by atoms with Crippen LogP contribution >= 0.6 is 0 Å². The average Bonchev–Trinajstić information content (AvgIpc) is 2.55. The van der Waals surface area contributed by atoms with E-state index in [1.807, 2.05) is 24.3 Å². The van der Waals surface area contributed by atoms with Crippen molar-refractivity contribution in [3.8, 4) is 17.6 Å². The van der Waals surface area contributed by atoms with E-state index in [1.165, 1.54) is 0 Å². The molecule has 0 aliphatic rings.